The first kappa shape index (κ1) is 9.32. The fourth-order valence-corrected chi connectivity index (χ4v) is 0.473. The van der Waals surface area contributed by atoms with Crippen molar-refractivity contribution in [3.63, 3.8) is 0 Å². The molecule has 0 bridgehead atoms. The van der Waals surface area contributed by atoms with Gasteiger partial charge in [0.15, 0.2) is 0 Å². The maximum absolute atomic E-state index is 10.5. The van der Waals surface area contributed by atoms with Crippen LogP contribution in [0, 0.1) is 0 Å². The van der Waals surface area contributed by atoms with Crippen LogP contribution in [0.5, 0.6) is 0 Å². The summed E-state index contributed by atoms with van der Waals surface area (Å²) < 4.78 is 0. The molecular weight excluding hydrogens is 181 g/mol. The van der Waals surface area contributed by atoms with Gasteiger partial charge in [-0.05, 0) is 0 Å². The summed E-state index contributed by atoms with van der Waals surface area (Å²) in [5.74, 6) is 0. The van der Waals surface area contributed by atoms with Gasteiger partial charge in [0.25, 0.3) is 0 Å². The zero-order chi connectivity index (χ0) is 8.15. The first-order valence-corrected chi connectivity index (χ1v) is 2.94. The number of hydrogen-bond donors (Lipinski definition) is 2. The molecule has 2 N–H and O–H groups in total. The van der Waals surface area contributed by atoms with Crippen LogP contribution < -0.4 is 9.67 Å². The molecule has 0 radical (unpaired) electrons. The maximum atomic E-state index is 10.5. The van der Waals surface area contributed by atoms with Crippen LogP contribution in [0.2, 0.25) is 0 Å². The molecule has 4 amide bonds. The Hall–Kier alpha value is -0.680. The normalized spacial score (nSPS) is 8.30. The Morgan fingerprint density at radius 3 is 1.70 bits per heavy atom. The lowest BCUT2D eigenvalue weighted by atomic mass is 10.8. The molecule has 0 saturated carbocycles. The highest BCUT2D eigenvalue weighted by molar-refractivity contribution is 6.25. The maximum Gasteiger partial charge on any atom is 0.339 e. The number of nitrogens with zero attached hydrogens (tertiary/aromatic N) is 1. The largest absolute Gasteiger partial charge is 0.339 e. The molecular formula is C3H5Cl2N3O2. The van der Waals surface area contributed by atoms with Gasteiger partial charge in [-0.1, -0.05) is 0 Å². The minimum atomic E-state index is -0.750. The summed E-state index contributed by atoms with van der Waals surface area (Å²) in [6, 6.07) is -1.50. The van der Waals surface area contributed by atoms with Crippen LogP contribution in [0.1, 0.15) is 0 Å². The lowest BCUT2D eigenvalue weighted by Crippen LogP contribution is -2.40. The van der Waals surface area contributed by atoms with Crippen LogP contribution in [0.4, 0.5) is 9.59 Å². The summed E-state index contributed by atoms with van der Waals surface area (Å²) in [5.41, 5.74) is 0. The lowest BCUT2D eigenvalue weighted by Gasteiger charge is -2.10. The van der Waals surface area contributed by atoms with E-state index in [9.17, 15) is 9.59 Å². The van der Waals surface area contributed by atoms with Crippen LogP contribution in [-0.4, -0.2) is 24.0 Å². The van der Waals surface area contributed by atoms with Gasteiger partial charge < -0.3 is 0 Å². The third-order valence-electron chi connectivity index (χ3n) is 0.771. The predicted octanol–water partition coefficient (Wildman–Crippen LogP) is 0.645. The second-order valence-electron chi connectivity index (χ2n) is 1.36. The van der Waals surface area contributed by atoms with Crippen molar-refractivity contribution in [2.75, 3.05) is 7.05 Å². The van der Waals surface area contributed by atoms with E-state index in [-0.39, 0.29) is 0 Å². The molecule has 0 unspecified atom stereocenters. The number of halogens is 2. The second-order valence-corrected chi connectivity index (χ2v) is 1.74. The van der Waals surface area contributed by atoms with E-state index in [0.29, 0.717) is 4.90 Å². The van der Waals surface area contributed by atoms with E-state index in [1.165, 1.54) is 7.05 Å². The lowest BCUT2D eigenvalue weighted by molar-refractivity contribution is 0.201. The van der Waals surface area contributed by atoms with Gasteiger partial charge in [0.2, 0.25) is 0 Å². The van der Waals surface area contributed by atoms with Crippen LogP contribution in [0.25, 0.3) is 0 Å². The van der Waals surface area contributed by atoms with E-state index in [1.54, 1.807) is 9.67 Å². The number of amides is 4. The molecule has 0 aliphatic carbocycles. The van der Waals surface area contributed by atoms with E-state index in [2.05, 4.69) is 0 Å². The standard InChI is InChI=1S/C3H5Cl2N3O2/c1-8(2(9)6-4)3(10)7-5/h1H3,(H,6,9)(H,7,10). The molecule has 0 aromatic rings. The number of imide groups is 1. The molecule has 0 atom stereocenters. The Labute approximate surface area is 67.5 Å². The highest BCUT2D eigenvalue weighted by Gasteiger charge is 2.13. The fourth-order valence-electron chi connectivity index (χ4n) is 0.219. The van der Waals surface area contributed by atoms with E-state index in [1.807, 2.05) is 0 Å². The Kier molecular flexibility index (Phi) is 3.90. The number of carbonyl (C=O) groups is 2. The summed E-state index contributed by atoms with van der Waals surface area (Å²) >= 11 is 9.77. The molecule has 0 aromatic carbocycles. The van der Waals surface area contributed by atoms with Gasteiger partial charge in [-0.3, -0.25) is 0 Å². The van der Waals surface area contributed by atoms with Gasteiger partial charge in [0, 0.05) is 30.6 Å². The van der Waals surface area contributed by atoms with Gasteiger partial charge in [-0.25, -0.2) is 24.2 Å². The van der Waals surface area contributed by atoms with Crippen LogP contribution >= 0.6 is 23.6 Å². The van der Waals surface area contributed by atoms with Gasteiger partial charge in [0.1, 0.15) is 0 Å². The number of hydrogen-bond acceptors (Lipinski definition) is 2. The molecule has 0 aliphatic heterocycles. The highest BCUT2D eigenvalue weighted by atomic mass is 35.5. The van der Waals surface area contributed by atoms with Gasteiger partial charge in [-0.15, -0.1) is 0 Å². The first-order valence-electron chi connectivity index (χ1n) is 2.18. The summed E-state index contributed by atoms with van der Waals surface area (Å²) in [7, 11) is 1.22. The fraction of sp³-hybridized carbons (Fsp3) is 0.333. The smallest absolute Gasteiger partial charge is 0.249 e. The van der Waals surface area contributed by atoms with Crippen LogP contribution in [0.15, 0.2) is 0 Å². The average Bonchev–Trinajstić information content (AvgIpc) is 2.00. The molecule has 0 fully saturated rings. The van der Waals surface area contributed by atoms with Crippen molar-refractivity contribution in [1.82, 2.24) is 14.6 Å². The second kappa shape index (κ2) is 4.19. The molecule has 0 heterocycles. The Morgan fingerprint density at radius 2 is 1.50 bits per heavy atom. The van der Waals surface area contributed by atoms with Crippen molar-refractivity contribution >= 4 is 35.6 Å². The molecule has 58 valence electrons. The monoisotopic (exact) mass is 185 g/mol. The Bertz CT molecular complexity index is 135. The molecule has 7 heteroatoms. The van der Waals surface area contributed by atoms with E-state index < -0.39 is 12.1 Å². The topological polar surface area (TPSA) is 61.4 Å². The minimum Gasteiger partial charge on any atom is -0.249 e. The Morgan fingerprint density at radius 1 is 1.20 bits per heavy atom. The summed E-state index contributed by atoms with van der Waals surface area (Å²) in [6.07, 6.45) is 0. The molecule has 10 heavy (non-hydrogen) atoms. The number of rotatable bonds is 0. The number of nitrogens with one attached hydrogen (secondary N) is 2. The van der Waals surface area contributed by atoms with Crippen molar-refractivity contribution < 1.29 is 9.59 Å². The van der Waals surface area contributed by atoms with Gasteiger partial charge >= 0.3 is 12.1 Å². The van der Waals surface area contributed by atoms with Crippen LogP contribution in [0.3, 0.4) is 0 Å². The molecule has 0 saturated heterocycles. The SMILES string of the molecule is CN(C(=O)NCl)C(=O)NCl. The Balaban J connectivity index is 3.94. The molecule has 0 rings (SSSR count). The number of carbonyl (C=O) groups excluding carboxylic acids is 2. The third-order valence-corrected chi connectivity index (χ3v) is 1.09. The van der Waals surface area contributed by atoms with Crippen molar-refractivity contribution in [2.45, 2.75) is 0 Å². The van der Waals surface area contributed by atoms with Crippen molar-refractivity contribution in [3.8, 4) is 0 Å². The molecule has 5 nitrogen and oxygen atoms in total. The van der Waals surface area contributed by atoms with Crippen LogP contribution in [-0.2, 0) is 0 Å². The third kappa shape index (κ3) is 2.28. The van der Waals surface area contributed by atoms with Gasteiger partial charge in [0.05, 0.1) is 0 Å². The van der Waals surface area contributed by atoms with E-state index in [0.717, 1.165) is 0 Å². The number of urea groups is 2. The predicted molar refractivity (Wildman–Crippen MR) is 36.5 cm³/mol. The van der Waals surface area contributed by atoms with Crippen molar-refractivity contribution in [2.24, 2.45) is 0 Å². The minimum absolute atomic E-state index is 0.681. The first-order chi connectivity index (χ1) is 4.63. The summed E-state index contributed by atoms with van der Waals surface area (Å²) in [6.45, 7) is 0. The highest BCUT2D eigenvalue weighted by Crippen LogP contribution is 1.86. The zero-order valence-electron chi connectivity index (χ0n) is 5.02. The average molecular weight is 186 g/mol. The quantitative estimate of drug-likeness (QED) is 0.545. The van der Waals surface area contributed by atoms with E-state index >= 15 is 0 Å². The zero-order valence-corrected chi connectivity index (χ0v) is 6.53. The molecule has 0 aliphatic rings. The molecule has 0 aromatic heterocycles. The van der Waals surface area contributed by atoms with Crippen molar-refractivity contribution in [1.29, 1.82) is 0 Å². The summed E-state index contributed by atoms with van der Waals surface area (Å²) in [5, 5.41) is 0. The van der Waals surface area contributed by atoms with Gasteiger partial charge in [-0.2, -0.15) is 0 Å². The van der Waals surface area contributed by atoms with E-state index in [4.69, 9.17) is 23.6 Å². The molecule has 0 spiro atoms. The van der Waals surface area contributed by atoms with Crippen molar-refractivity contribution in [3.05, 3.63) is 0 Å². The summed E-state index contributed by atoms with van der Waals surface area (Å²) in [4.78, 5) is 25.1.